The number of nitrogens with two attached hydrogens (primary N) is 1. The normalized spacial score (nSPS) is 12.5. The maximum absolute atomic E-state index is 13.5. The van der Waals surface area contributed by atoms with Gasteiger partial charge in [-0.05, 0) is 38.0 Å². The van der Waals surface area contributed by atoms with Crippen molar-refractivity contribution in [3.05, 3.63) is 29.1 Å². The lowest BCUT2D eigenvalue weighted by Crippen LogP contribution is -2.12. The van der Waals surface area contributed by atoms with Crippen LogP contribution in [0.4, 0.5) is 4.39 Å². The van der Waals surface area contributed by atoms with E-state index in [1.54, 1.807) is 13.0 Å². The van der Waals surface area contributed by atoms with Crippen LogP contribution in [0.25, 0.3) is 0 Å². The van der Waals surface area contributed by atoms with E-state index in [0.717, 1.165) is 13.0 Å². The third-order valence-corrected chi connectivity index (χ3v) is 2.62. The molecule has 0 amide bonds. The summed E-state index contributed by atoms with van der Waals surface area (Å²) in [6.45, 7) is 7.28. The van der Waals surface area contributed by atoms with Gasteiger partial charge in [-0.2, -0.15) is 0 Å². The average Bonchev–Trinajstić information content (AvgIpc) is 2.32. The molecule has 0 saturated carbocycles. The standard InChI is InChI=1S/C14H22FNO2/c1-4-5-17-6-7-18-14-8-10(2)13(15)9-12(14)11(3)16/h8-9,11H,4-7,16H2,1-3H3/t11-/m1/s1. The van der Waals surface area contributed by atoms with Gasteiger partial charge in [-0.1, -0.05) is 6.92 Å². The van der Waals surface area contributed by atoms with Crippen LogP contribution in [-0.4, -0.2) is 19.8 Å². The molecule has 0 aromatic heterocycles. The number of benzene rings is 1. The van der Waals surface area contributed by atoms with Crippen LogP contribution in [0.1, 0.15) is 37.4 Å². The van der Waals surface area contributed by atoms with Gasteiger partial charge in [-0.25, -0.2) is 4.39 Å². The second-order valence-electron chi connectivity index (χ2n) is 4.39. The number of hydrogen-bond acceptors (Lipinski definition) is 3. The molecule has 2 N–H and O–H groups in total. The fourth-order valence-electron chi connectivity index (χ4n) is 1.61. The second kappa shape index (κ2) is 7.34. The summed E-state index contributed by atoms with van der Waals surface area (Å²) in [6, 6.07) is 2.88. The zero-order chi connectivity index (χ0) is 13.5. The largest absolute Gasteiger partial charge is 0.491 e. The van der Waals surface area contributed by atoms with Crippen LogP contribution in [0.15, 0.2) is 12.1 Å². The Hall–Kier alpha value is -1.13. The lowest BCUT2D eigenvalue weighted by molar-refractivity contribution is 0.100. The maximum atomic E-state index is 13.5. The lowest BCUT2D eigenvalue weighted by Gasteiger charge is -2.15. The zero-order valence-corrected chi connectivity index (χ0v) is 11.3. The molecular formula is C14H22FNO2. The highest BCUT2D eigenvalue weighted by atomic mass is 19.1. The summed E-state index contributed by atoms with van der Waals surface area (Å²) in [4.78, 5) is 0. The van der Waals surface area contributed by atoms with E-state index in [0.29, 0.717) is 30.1 Å². The van der Waals surface area contributed by atoms with E-state index in [1.165, 1.54) is 6.07 Å². The van der Waals surface area contributed by atoms with Crippen LogP contribution >= 0.6 is 0 Å². The maximum Gasteiger partial charge on any atom is 0.126 e. The molecule has 0 aliphatic heterocycles. The van der Waals surface area contributed by atoms with Crippen LogP contribution < -0.4 is 10.5 Å². The van der Waals surface area contributed by atoms with Crippen LogP contribution in [0, 0.1) is 12.7 Å². The van der Waals surface area contributed by atoms with E-state index >= 15 is 0 Å². The number of hydrogen-bond donors (Lipinski definition) is 1. The molecule has 0 radical (unpaired) electrons. The quantitative estimate of drug-likeness (QED) is 0.762. The number of halogens is 1. The zero-order valence-electron chi connectivity index (χ0n) is 11.3. The minimum Gasteiger partial charge on any atom is -0.491 e. The number of rotatable bonds is 7. The second-order valence-corrected chi connectivity index (χ2v) is 4.39. The Morgan fingerprint density at radius 2 is 2.00 bits per heavy atom. The Balaban J connectivity index is 2.65. The fraction of sp³-hybridized carbons (Fsp3) is 0.571. The molecule has 3 nitrogen and oxygen atoms in total. The predicted molar refractivity (Wildman–Crippen MR) is 70.3 cm³/mol. The Morgan fingerprint density at radius 1 is 1.28 bits per heavy atom. The van der Waals surface area contributed by atoms with Gasteiger partial charge in [0.05, 0.1) is 6.61 Å². The van der Waals surface area contributed by atoms with Gasteiger partial charge in [-0.15, -0.1) is 0 Å². The highest BCUT2D eigenvalue weighted by molar-refractivity contribution is 5.39. The van der Waals surface area contributed by atoms with E-state index in [-0.39, 0.29) is 11.9 Å². The molecule has 0 heterocycles. The molecule has 0 spiro atoms. The van der Waals surface area contributed by atoms with Gasteiger partial charge in [-0.3, -0.25) is 0 Å². The fourth-order valence-corrected chi connectivity index (χ4v) is 1.61. The first-order valence-corrected chi connectivity index (χ1v) is 6.32. The van der Waals surface area contributed by atoms with Gasteiger partial charge in [0, 0.05) is 18.2 Å². The molecule has 102 valence electrons. The molecule has 1 aromatic rings. The highest BCUT2D eigenvalue weighted by Crippen LogP contribution is 2.27. The molecule has 1 aromatic carbocycles. The molecule has 0 unspecified atom stereocenters. The van der Waals surface area contributed by atoms with E-state index in [4.69, 9.17) is 15.2 Å². The molecule has 0 fully saturated rings. The molecule has 0 aliphatic carbocycles. The van der Waals surface area contributed by atoms with Crippen LogP contribution in [0.3, 0.4) is 0 Å². The van der Waals surface area contributed by atoms with E-state index in [2.05, 4.69) is 6.92 Å². The smallest absolute Gasteiger partial charge is 0.126 e. The Kier molecular flexibility index (Phi) is 6.09. The first kappa shape index (κ1) is 14.9. The van der Waals surface area contributed by atoms with Gasteiger partial charge in [0.25, 0.3) is 0 Å². The molecule has 4 heteroatoms. The third kappa shape index (κ3) is 4.27. The van der Waals surface area contributed by atoms with E-state index in [9.17, 15) is 4.39 Å². The summed E-state index contributed by atoms with van der Waals surface area (Å²) < 4.78 is 24.4. The summed E-state index contributed by atoms with van der Waals surface area (Å²) in [5.41, 5.74) is 7.06. The van der Waals surface area contributed by atoms with Crippen molar-refractivity contribution in [3.8, 4) is 5.75 Å². The molecule has 18 heavy (non-hydrogen) atoms. The van der Waals surface area contributed by atoms with Gasteiger partial charge >= 0.3 is 0 Å². The lowest BCUT2D eigenvalue weighted by atomic mass is 10.1. The highest BCUT2D eigenvalue weighted by Gasteiger charge is 2.12. The SMILES string of the molecule is CCCOCCOc1cc(C)c(F)cc1[C@@H](C)N. The Morgan fingerprint density at radius 3 is 2.61 bits per heavy atom. The van der Waals surface area contributed by atoms with Gasteiger partial charge in [0.1, 0.15) is 18.2 Å². The number of aryl methyl sites for hydroxylation is 1. The monoisotopic (exact) mass is 255 g/mol. The van der Waals surface area contributed by atoms with Crippen LogP contribution in [0.5, 0.6) is 5.75 Å². The Labute approximate surface area is 108 Å². The molecule has 0 bridgehead atoms. The molecule has 1 rings (SSSR count). The van der Waals surface area contributed by atoms with Gasteiger partial charge < -0.3 is 15.2 Å². The summed E-state index contributed by atoms with van der Waals surface area (Å²) in [7, 11) is 0. The van der Waals surface area contributed by atoms with Crippen molar-refractivity contribution in [1.29, 1.82) is 0 Å². The summed E-state index contributed by atoms with van der Waals surface area (Å²) in [5, 5.41) is 0. The van der Waals surface area contributed by atoms with Crippen molar-refractivity contribution in [2.75, 3.05) is 19.8 Å². The van der Waals surface area contributed by atoms with Crippen molar-refractivity contribution in [2.45, 2.75) is 33.2 Å². The predicted octanol–water partition coefficient (Wildman–Crippen LogP) is 2.96. The third-order valence-electron chi connectivity index (χ3n) is 2.62. The first-order chi connectivity index (χ1) is 8.56. The minimum atomic E-state index is -0.258. The van der Waals surface area contributed by atoms with Crippen molar-refractivity contribution in [2.24, 2.45) is 5.73 Å². The summed E-state index contributed by atoms with van der Waals surface area (Å²) in [5.74, 6) is 0.390. The van der Waals surface area contributed by atoms with Crippen molar-refractivity contribution < 1.29 is 13.9 Å². The van der Waals surface area contributed by atoms with Crippen molar-refractivity contribution >= 4 is 0 Å². The summed E-state index contributed by atoms with van der Waals surface area (Å²) >= 11 is 0. The van der Waals surface area contributed by atoms with E-state index < -0.39 is 0 Å². The van der Waals surface area contributed by atoms with Gasteiger partial charge in [0.15, 0.2) is 0 Å². The molecule has 0 saturated heterocycles. The van der Waals surface area contributed by atoms with Crippen molar-refractivity contribution in [1.82, 2.24) is 0 Å². The van der Waals surface area contributed by atoms with Crippen LogP contribution in [0.2, 0.25) is 0 Å². The number of ether oxygens (including phenoxy) is 2. The average molecular weight is 255 g/mol. The van der Waals surface area contributed by atoms with Gasteiger partial charge in [0.2, 0.25) is 0 Å². The molecule has 0 aliphatic rings. The summed E-state index contributed by atoms with van der Waals surface area (Å²) in [6.07, 6.45) is 0.987. The minimum absolute atomic E-state index is 0.253. The van der Waals surface area contributed by atoms with E-state index in [1.807, 2.05) is 6.92 Å². The Bertz CT molecular complexity index is 380. The molecule has 1 atom stereocenters. The first-order valence-electron chi connectivity index (χ1n) is 6.32. The van der Waals surface area contributed by atoms with Crippen LogP contribution in [-0.2, 0) is 4.74 Å². The topological polar surface area (TPSA) is 44.5 Å². The molecular weight excluding hydrogens is 233 g/mol. The van der Waals surface area contributed by atoms with Crippen molar-refractivity contribution in [3.63, 3.8) is 0 Å².